The van der Waals surface area contributed by atoms with Gasteiger partial charge in [0, 0.05) is 30.2 Å². The highest BCUT2D eigenvalue weighted by Gasteiger charge is 2.16. The zero-order chi connectivity index (χ0) is 19.2. The summed E-state index contributed by atoms with van der Waals surface area (Å²) in [6.45, 7) is 5.32. The van der Waals surface area contributed by atoms with Crippen LogP contribution in [0.3, 0.4) is 0 Å². The van der Waals surface area contributed by atoms with Crippen molar-refractivity contribution in [3.8, 4) is 0 Å². The minimum atomic E-state index is -3.61. The Morgan fingerprint density at radius 1 is 1.00 bits per heavy atom. The van der Waals surface area contributed by atoms with Crippen LogP contribution in [0.1, 0.15) is 29.8 Å². The second-order valence-electron chi connectivity index (χ2n) is 5.78. The lowest BCUT2D eigenvalue weighted by atomic mass is 10.2. The molecule has 1 amide bonds. The first kappa shape index (κ1) is 20.4. The molecule has 0 aliphatic heterocycles. The number of carbonyl (C=O) groups is 1. The quantitative estimate of drug-likeness (QED) is 0.746. The summed E-state index contributed by atoms with van der Waals surface area (Å²) >= 11 is 5.83. The highest BCUT2D eigenvalue weighted by molar-refractivity contribution is 7.89. The van der Waals surface area contributed by atoms with E-state index in [0.717, 1.165) is 5.56 Å². The molecule has 0 saturated carbocycles. The topological polar surface area (TPSA) is 66.5 Å². The number of nitrogens with zero attached hydrogens (tertiary/aromatic N) is 1. The zero-order valence-electron chi connectivity index (χ0n) is 14.9. The number of halogens is 1. The van der Waals surface area contributed by atoms with Crippen LogP contribution in [0, 0.1) is 0 Å². The summed E-state index contributed by atoms with van der Waals surface area (Å²) in [7, 11) is -3.61. The van der Waals surface area contributed by atoms with Crippen molar-refractivity contribution in [2.75, 3.05) is 19.6 Å². The van der Waals surface area contributed by atoms with Gasteiger partial charge in [-0.15, -0.1) is 0 Å². The Morgan fingerprint density at radius 2 is 1.58 bits per heavy atom. The molecule has 2 aromatic carbocycles. The van der Waals surface area contributed by atoms with Crippen LogP contribution in [0.4, 0.5) is 0 Å². The van der Waals surface area contributed by atoms with Gasteiger partial charge in [-0.3, -0.25) is 4.79 Å². The number of hydrogen-bond acceptors (Lipinski definition) is 3. The third kappa shape index (κ3) is 5.30. The second-order valence-corrected chi connectivity index (χ2v) is 7.98. The molecule has 0 aliphatic rings. The van der Waals surface area contributed by atoms with Gasteiger partial charge >= 0.3 is 0 Å². The largest absolute Gasteiger partial charge is 0.339 e. The number of nitrogens with one attached hydrogen (secondary N) is 1. The van der Waals surface area contributed by atoms with Crippen molar-refractivity contribution in [2.24, 2.45) is 0 Å². The van der Waals surface area contributed by atoms with Gasteiger partial charge in [0.15, 0.2) is 0 Å². The molecule has 0 aliphatic carbocycles. The van der Waals surface area contributed by atoms with E-state index in [4.69, 9.17) is 11.6 Å². The van der Waals surface area contributed by atoms with E-state index in [1.165, 1.54) is 12.1 Å². The van der Waals surface area contributed by atoms with E-state index in [2.05, 4.69) is 4.72 Å². The lowest BCUT2D eigenvalue weighted by molar-refractivity contribution is 0.0773. The molecule has 0 radical (unpaired) electrons. The Hall–Kier alpha value is -1.89. The molecule has 0 atom stereocenters. The average molecular weight is 395 g/mol. The minimum Gasteiger partial charge on any atom is -0.339 e. The maximum Gasteiger partial charge on any atom is 0.253 e. The predicted octanol–water partition coefficient (Wildman–Crippen LogP) is 3.34. The van der Waals surface area contributed by atoms with Crippen LogP contribution in [0.25, 0.3) is 0 Å². The van der Waals surface area contributed by atoms with Crippen molar-refractivity contribution in [3.05, 3.63) is 64.7 Å². The molecule has 0 fully saturated rings. The fraction of sp³-hybridized carbons (Fsp3) is 0.316. The molecule has 26 heavy (non-hydrogen) atoms. The van der Waals surface area contributed by atoms with Crippen LogP contribution in [0.2, 0.25) is 5.02 Å². The third-order valence-corrected chi connectivity index (χ3v) is 5.81. The Bertz CT molecular complexity index is 830. The van der Waals surface area contributed by atoms with Crippen LogP contribution in [0.5, 0.6) is 0 Å². The van der Waals surface area contributed by atoms with Gasteiger partial charge in [0.25, 0.3) is 5.91 Å². The molecule has 0 bridgehead atoms. The summed E-state index contributed by atoms with van der Waals surface area (Å²) in [6.07, 6.45) is 0.564. The Balaban J connectivity index is 2.00. The molecule has 7 heteroatoms. The fourth-order valence-corrected chi connectivity index (χ4v) is 3.69. The molecule has 2 rings (SSSR count). The predicted molar refractivity (Wildman–Crippen MR) is 104 cm³/mol. The minimum absolute atomic E-state index is 0.102. The van der Waals surface area contributed by atoms with E-state index in [0.29, 0.717) is 30.1 Å². The zero-order valence-corrected chi connectivity index (χ0v) is 16.5. The van der Waals surface area contributed by atoms with Crippen LogP contribution < -0.4 is 4.72 Å². The van der Waals surface area contributed by atoms with E-state index in [-0.39, 0.29) is 17.3 Å². The SMILES string of the molecule is CCN(CC)C(=O)c1ccc(S(=O)(=O)NCCc2ccc(Cl)cc2)cc1. The molecule has 0 aromatic heterocycles. The summed E-state index contributed by atoms with van der Waals surface area (Å²) in [4.78, 5) is 14.1. The van der Waals surface area contributed by atoms with Crippen molar-refractivity contribution < 1.29 is 13.2 Å². The summed E-state index contributed by atoms with van der Waals surface area (Å²) in [5.74, 6) is -0.102. The number of carbonyl (C=O) groups excluding carboxylic acids is 1. The van der Waals surface area contributed by atoms with Gasteiger partial charge in [0.05, 0.1) is 4.90 Å². The molecule has 0 spiro atoms. The molecule has 2 aromatic rings. The maximum atomic E-state index is 12.4. The Labute approximate surface area is 160 Å². The van der Waals surface area contributed by atoms with Gasteiger partial charge < -0.3 is 4.90 Å². The number of amides is 1. The lowest BCUT2D eigenvalue weighted by Crippen LogP contribution is -2.30. The van der Waals surface area contributed by atoms with Crippen molar-refractivity contribution in [1.82, 2.24) is 9.62 Å². The smallest absolute Gasteiger partial charge is 0.253 e. The van der Waals surface area contributed by atoms with Crippen LogP contribution in [-0.2, 0) is 16.4 Å². The first-order valence-electron chi connectivity index (χ1n) is 8.50. The number of rotatable bonds is 8. The van der Waals surface area contributed by atoms with Crippen LogP contribution in [-0.4, -0.2) is 38.9 Å². The van der Waals surface area contributed by atoms with Gasteiger partial charge in [-0.25, -0.2) is 13.1 Å². The highest BCUT2D eigenvalue weighted by Crippen LogP contribution is 2.13. The summed E-state index contributed by atoms with van der Waals surface area (Å²) in [5, 5.41) is 0.647. The molecule has 0 heterocycles. The van der Waals surface area contributed by atoms with Gasteiger partial charge in [-0.2, -0.15) is 0 Å². The van der Waals surface area contributed by atoms with Crippen molar-refractivity contribution >= 4 is 27.5 Å². The standard InChI is InChI=1S/C19H23ClN2O3S/c1-3-22(4-2)19(23)16-7-11-18(12-8-16)26(24,25)21-14-13-15-5-9-17(20)10-6-15/h5-12,21H,3-4,13-14H2,1-2H3. The first-order valence-corrected chi connectivity index (χ1v) is 10.4. The van der Waals surface area contributed by atoms with Crippen molar-refractivity contribution in [1.29, 1.82) is 0 Å². The van der Waals surface area contributed by atoms with Gasteiger partial charge in [-0.05, 0) is 62.2 Å². The molecular weight excluding hydrogens is 372 g/mol. The first-order chi connectivity index (χ1) is 12.4. The second kappa shape index (κ2) is 9.16. The molecule has 0 unspecified atom stereocenters. The normalized spacial score (nSPS) is 11.3. The number of benzene rings is 2. The number of sulfonamides is 1. The summed E-state index contributed by atoms with van der Waals surface area (Å²) in [6, 6.07) is 13.3. The molecule has 5 nitrogen and oxygen atoms in total. The molecule has 0 saturated heterocycles. The van der Waals surface area contributed by atoms with E-state index in [1.807, 2.05) is 26.0 Å². The fourth-order valence-electron chi connectivity index (χ4n) is 2.53. The third-order valence-electron chi connectivity index (χ3n) is 4.08. The Kier molecular flexibility index (Phi) is 7.20. The summed E-state index contributed by atoms with van der Waals surface area (Å²) in [5.41, 5.74) is 1.48. The average Bonchev–Trinajstić information content (AvgIpc) is 2.64. The molecule has 140 valence electrons. The lowest BCUT2D eigenvalue weighted by Gasteiger charge is -2.18. The van der Waals surface area contributed by atoms with Crippen molar-refractivity contribution in [2.45, 2.75) is 25.2 Å². The monoisotopic (exact) mass is 394 g/mol. The van der Waals surface area contributed by atoms with Gasteiger partial charge in [0.1, 0.15) is 0 Å². The van der Waals surface area contributed by atoms with Crippen LogP contribution in [0.15, 0.2) is 53.4 Å². The highest BCUT2D eigenvalue weighted by atomic mass is 35.5. The van der Waals surface area contributed by atoms with Gasteiger partial charge in [-0.1, -0.05) is 23.7 Å². The molecular formula is C19H23ClN2O3S. The maximum absolute atomic E-state index is 12.4. The Morgan fingerprint density at radius 3 is 2.12 bits per heavy atom. The van der Waals surface area contributed by atoms with E-state index >= 15 is 0 Å². The van der Waals surface area contributed by atoms with Crippen molar-refractivity contribution in [3.63, 3.8) is 0 Å². The van der Waals surface area contributed by atoms with E-state index in [1.54, 1.807) is 29.2 Å². The van der Waals surface area contributed by atoms with Gasteiger partial charge in [0.2, 0.25) is 10.0 Å². The van der Waals surface area contributed by atoms with Crippen LogP contribution >= 0.6 is 11.6 Å². The summed E-state index contributed by atoms with van der Waals surface area (Å²) < 4.78 is 27.3. The molecule has 1 N–H and O–H groups in total. The number of hydrogen-bond donors (Lipinski definition) is 1. The van der Waals surface area contributed by atoms with E-state index in [9.17, 15) is 13.2 Å². The van der Waals surface area contributed by atoms with E-state index < -0.39 is 10.0 Å².